The molecule has 0 atom stereocenters. The summed E-state index contributed by atoms with van der Waals surface area (Å²) in [4.78, 5) is 8.75. The molecule has 4 aromatic rings. The number of methoxy groups -OCH3 is 1. The lowest BCUT2D eigenvalue weighted by Crippen LogP contribution is -1.97. The molecule has 0 unspecified atom stereocenters. The van der Waals surface area contributed by atoms with Crippen LogP contribution in [0.5, 0.6) is 17.2 Å². The molecule has 0 radical (unpaired) electrons. The Kier molecular flexibility index (Phi) is 4.45. The van der Waals surface area contributed by atoms with E-state index in [2.05, 4.69) is 15.3 Å². The van der Waals surface area contributed by atoms with E-state index in [0.717, 1.165) is 33.3 Å². The quantitative estimate of drug-likeness (QED) is 0.478. The van der Waals surface area contributed by atoms with Gasteiger partial charge in [-0.15, -0.1) is 0 Å². The summed E-state index contributed by atoms with van der Waals surface area (Å²) in [6.45, 7) is 2.01. The summed E-state index contributed by atoms with van der Waals surface area (Å²) in [5.74, 6) is 1.33. The highest BCUT2D eigenvalue weighted by molar-refractivity contribution is 5.95. The molecule has 6 nitrogen and oxygen atoms in total. The van der Waals surface area contributed by atoms with Crippen LogP contribution in [0.2, 0.25) is 0 Å². The Morgan fingerprint density at radius 1 is 0.964 bits per heavy atom. The highest BCUT2D eigenvalue weighted by atomic mass is 16.5. The summed E-state index contributed by atoms with van der Waals surface area (Å²) in [6.07, 6.45) is 1.51. The van der Waals surface area contributed by atoms with Crippen LogP contribution >= 0.6 is 0 Å². The second kappa shape index (κ2) is 7.08. The number of hydrogen-bond donors (Lipinski definition) is 3. The van der Waals surface area contributed by atoms with E-state index in [1.807, 2.05) is 31.2 Å². The maximum atomic E-state index is 9.88. The number of phenolic OH excluding ortho intramolecular Hbond substituents is 2. The molecule has 0 spiro atoms. The molecule has 6 heteroatoms. The average molecular weight is 373 g/mol. The number of fused-ring (bicyclic) bond motifs is 1. The standard InChI is InChI=1S/C22H19N3O3/c1-13-8-19-18(11-17(13)14-6-7-20(27)21(9-14)28-2)22(24-12-23-19)25-15-4-3-5-16(26)10-15/h3-12,26-27H,1-2H3,(H,23,24,25). The molecule has 0 bridgehead atoms. The first-order valence-corrected chi connectivity index (χ1v) is 8.74. The smallest absolute Gasteiger partial charge is 0.161 e. The van der Waals surface area contributed by atoms with Crippen LogP contribution in [-0.4, -0.2) is 27.3 Å². The van der Waals surface area contributed by atoms with E-state index >= 15 is 0 Å². The number of phenols is 2. The van der Waals surface area contributed by atoms with Crippen LogP contribution in [0.4, 0.5) is 11.5 Å². The number of aromatic hydroxyl groups is 2. The van der Waals surface area contributed by atoms with Crippen LogP contribution < -0.4 is 10.1 Å². The summed E-state index contributed by atoms with van der Waals surface area (Å²) in [5.41, 5.74) is 4.49. The molecule has 1 heterocycles. The van der Waals surface area contributed by atoms with Crippen molar-refractivity contribution >= 4 is 22.4 Å². The number of aryl methyl sites for hydroxylation is 1. The molecule has 1 aromatic heterocycles. The fourth-order valence-electron chi connectivity index (χ4n) is 3.18. The van der Waals surface area contributed by atoms with Gasteiger partial charge in [0.25, 0.3) is 0 Å². The predicted octanol–water partition coefficient (Wildman–Crippen LogP) is 4.77. The highest BCUT2D eigenvalue weighted by Gasteiger charge is 2.12. The first-order chi connectivity index (χ1) is 13.5. The maximum Gasteiger partial charge on any atom is 0.161 e. The molecule has 3 N–H and O–H groups in total. The number of nitrogens with one attached hydrogen (secondary N) is 1. The van der Waals surface area contributed by atoms with Crippen molar-refractivity contribution in [2.45, 2.75) is 6.92 Å². The summed E-state index contributed by atoms with van der Waals surface area (Å²) >= 11 is 0. The molecule has 0 fully saturated rings. The summed E-state index contributed by atoms with van der Waals surface area (Å²) in [5, 5.41) is 23.7. The molecule has 3 aromatic carbocycles. The Hall–Kier alpha value is -3.80. The number of anilines is 2. The normalized spacial score (nSPS) is 10.8. The van der Waals surface area contributed by atoms with Gasteiger partial charge in [0.05, 0.1) is 12.6 Å². The van der Waals surface area contributed by atoms with Gasteiger partial charge in [0.1, 0.15) is 17.9 Å². The van der Waals surface area contributed by atoms with Crippen LogP contribution in [0, 0.1) is 6.92 Å². The molecule has 28 heavy (non-hydrogen) atoms. The largest absolute Gasteiger partial charge is 0.508 e. The molecule has 0 aliphatic carbocycles. The number of aromatic nitrogens is 2. The topological polar surface area (TPSA) is 87.5 Å². The number of hydrogen-bond acceptors (Lipinski definition) is 6. The minimum atomic E-state index is 0.0965. The van der Waals surface area contributed by atoms with Gasteiger partial charge < -0.3 is 20.3 Å². The third-order valence-corrected chi connectivity index (χ3v) is 4.58. The van der Waals surface area contributed by atoms with Crippen LogP contribution in [0.1, 0.15) is 5.56 Å². The highest BCUT2D eigenvalue weighted by Crippen LogP contribution is 2.35. The number of benzene rings is 3. The van der Waals surface area contributed by atoms with Crippen molar-refractivity contribution in [1.29, 1.82) is 0 Å². The summed E-state index contributed by atoms with van der Waals surface area (Å²) in [7, 11) is 1.53. The molecule has 0 amide bonds. The van der Waals surface area contributed by atoms with Gasteiger partial charge in [0.2, 0.25) is 0 Å². The van der Waals surface area contributed by atoms with Crippen molar-refractivity contribution < 1.29 is 14.9 Å². The van der Waals surface area contributed by atoms with Gasteiger partial charge in [-0.1, -0.05) is 12.1 Å². The van der Waals surface area contributed by atoms with Crippen molar-refractivity contribution in [3.05, 3.63) is 66.5 Å². The van der Waals surface area contributed by atoms with E-state index in [0.29, 0.717) is 11.6 Å². The Morgan fingerprint density at radius 2 is 1.82 bits per heavy atom. The first kappa shape index (κ1) is 17.6. The van der Waals surface area contributed by atoms with Gasteiger partial charge in [0.15, 0.2) is 11.5 Å². The lowest BCUT2D eigenvalue weighted by atomic mass is 9.98. The Balaban J connectivity index is 1.84. The number of rotatable bonds is 4. The van der Waals surface area contributed by atoms with Gasteiger partial charge >= 0.3 is 0 Å². The van der Waals surface area contributed by atoms with Gasteiger partial charge in [0, 0.05) is 17.1 Å². The monoisotopic (exact) mass is 373 g/mol. The zero-order chi connectivity index (χ0) is 19.7. The second-order valence-electron chi connectivity index (χ2n) is 6.47. The second-order valence-corrected chi connectivity index (χ2v) is 6.47. The number of nitrogens with zero attached hydrogens (tertiary/aromatic N) is 2. The Labute approximate surface area is 162 Å². The van der Waals surface area contributed by atoms with Gasteiger partial charge in [-0.25, -0.2) is 9.97 Å². The van der Waals surface area contributed by atoms with Crippen molar-refractivity contribution in [3.8, 4) is 28.4 Å². The van der Waals surface area contributed by atoms with Crippen LogP contribution in [-0.2, 0) is 0 Å². The Morgan fingerprint density at radius 3 is 2.61 bits per heavy atom. The van der Waals surface area contributed by atoms with Crippen molar-refractivity contribution in [1.82, 2.24) is 9.97 Å². The average Bonchev–Trinajstić information content (AvgIpc) is 2.68. The van der Waals surface area contributed by atoms with Crippen molar-refractivity contribution in [2.24, 2.45) is 0 Å². The summed E-state index contributed by atoms with van der Waals surface area (Å²) in [6, 6.07) is 16.1. The summed E-state index contributed by atoms with van der Waals surface area (Å²) < 4.78 is 5.24. The molecule has 0 aliphatic rings. The SMILES string of the molecule is COc1cc(-c2cc3c(Nc4cccc(O)c4)ncnc3cc2C)ccc1O. The van der Waals surface area contributed by atoms with E-state index in [4.69, 9.17) is 4.74 Å². The molecule has 140 valence electrons. The van der Waals surface area contributed by atoms with Gasteiger partial charge in [-0.2, -0.15) is 0 Å². The van der Waals surface area contributed by atoms with Gasteiger partial charge in [-0.05, 0) is 60.0 Å². The zero-order valence-corrected chi connectivity index (χ0v) is 15.5. The minimum absolute atomic E-state index is 0.0965. The Bertz CT molecular complexity index is 1170. The minimum Gasteiger partial charge on any atom is -0.508 e. The first-order valence-electron chi connectivity index (χ1n) is 8.74. The molecule has 0 saturated heterocycles. The fourth-order valence-corrected chi connectivity index (χ4v) is 3.18. The van der Waals surface area contributed by atoms with Crippen LogP contribution in [0.3, 0.4) is 0 Å². The van der Waals surface area contributed by atoms with Crippen LogP contribution in [0.25, 0.3) is 22.0 Å². The van der Waals surface area contributed by atoms with E-state index in [9.17, 15) is 10.2 Å². The van der Waals surface area contributed by atoms with E-state index in [-0.39, 0.29) is 11.5 Å². The van der Waals surface area contributed by atoms with Gasteiger partial charge in [-0.3, -0.25) is 0 Å². The molecule has 0 saturated carbocycles. The van der Waals surface area contributed by atoms with E-state index < -0.39 is 0 Å². The molecule has 4 rings (SSSR count). The van der Waals surface area contributed by atoms with E-state index in [1.54, 1.807) is 30.3 Å². The molecule has 0 aliphatic heterocycles. The molecular formula is C22H19N3O3. The lowest BCUT2D eigenvalue weighted by molar-refractivity contribution is 0.373. The van der Waals surface area contributed by atoms with Crippen molar-refractivity contribution in [3.63, 3.8) is 0 Å². The van der Waals surface area contributed by atoms with E-state index in [1.165, 1.54) is 13.4 Å². The number of ether oxygens (including phenoxy) is 1. The zero-order valence-electron chi connectivity index (χ0n) is 15.5. The third kappa shape index (κ3) is 3.27. The van der Waals surface area contributed by atoms with Crippen LogP contribution in [0.15, 0.2) is 60.9 Å². The van der Waals surface area contributed by atoms with Crippen molar-refractivity contribution in [2.75, 3.05) is 12.4 Å². The third-order valence-electron chi connectivity index (χ3n) is 4.58. The lowest BCUT2D eigenvalue weighted by Gasteiger charge is -2.13. The maximum absolute atomic E-state index is 9.88. The predicted molar refractivity (Wildman–Crippen MR) is 109 cm³/mol. The fraction of sp³-hybridized carbons (Fsp3) is 0.0909. The molecular weight excluding hydrogens is 354 g/mol.